The van der Waals surface area contributed by atoms with Crippen molar-refractivity contribution in [1.29, 1.82) is 0 Å². The van der Waals surface area contributed by atoms with Gasteiger partial charge in [0.25, 0.3) is 0 Å². The Morgan fingerprint density at radius 2 is 1.92 bits per heavy atom. The number of nitrogens with zero attached hydrogens (tertiary/aromatic N) is 1. The minimum Gasteiger partial charge on any atom is -0.250 e. The lowest BCUT2D eigenvalue weighted by Gasteiger charge is -2.40. The van der Waals surface area contributed by atoms with E-state index in [0.29, 0.717) is 5.92 Å². The van der Waals surface area contributed by atoms with Gasteiger partial charge in [-0.2, -0.15) is 0 Å². The normalized spacial score (nSPS) is 25.1. The molecule has 0 saturated carbocycles. The van der Waals surface area contributed by atoms with Crippen LogP contribution in [0.25, 0.3) is 0 Å². The van der Waals surface area contributed by atoms with Gasteiger partial charge in [-0.3, -0.25) is 0 Å². The van der Waals surface area contributed by atoms with Crippen LogP contribution in [-0.2, 0) is 18.3 Å². The second-order valence-corrected chi connectivity index (χ2v) is 7.91. The summed E-state index contributed by atoms with van der Waals surface area (Å²) in [7, 11) is 0. The van der Waals surface area contributed by atoms with Gasteiger partial charge in [0.15, 0.2) is 0 Å². The summed E-state index contributed by atoms with van der Waals surface area (Å²) < 4.78 is 2.58. The molecule has 0 radical (unpaired) electrons. The van der Waals surface area contributed by atoms with Gasteiger partial charge in [-0.15, -0.1) is 0 Å². The highest BCUT2D eigenvalue weighted by Gasteiger charge is 2.39. The Kier molecular flexibility index (Phi) is 10.6. The first-order chi connectivity index (χ1) is 12.7. The minimum absolute atomic E-state index is 0.247. The molecule has 0 saturated heterocycles. The Labute approximate surface area is 167 Å². The molecule has 2 heteroatoms. The monoisotopic (exact) mass is 375 g/mol. The van der Waals surface area contributed by atoms with E-state index >= 15 is 0 Å². The topological polar surface area (TPSA) is 3.24 Å². The van der Waals surface area contributed by atoms with Crippen molar-refractivity contribution in [2.24, 2.45) is 5.92 Å². The van der Waals surface area contributed by atoms with E-state index in [1.54, 1.807) is 11.1 Å². The molecule has 148 valence electrons. The minimum atomic E-state index is 0.247. The first kappa shape index (κ1) is 23.3. The van der Waals surface area contributed by atoms with Crippen LogP contribution in [0.15, 0.2) is 30.4 Å². The van der Waals surface area contributed by atoms with Gasteiger partial charge in [0, 0.05) is 18.5 Å². The van der Waals surface area contributed by atoms with E-state index in [1.807, 2.05) is 39.6 Å². The lowest BCUT2D eigenvalue weighted by Crippen LogP contribution is -2.40. The largest absolute Gasteiger partial charge is 0.250 e. The zero-order valence-electron chi connectivity index (χ0n) is 18.3. The molecule has 0 amide bonds. The molecule has 1 aromatic carbocycles. The molecule has 26 heavy (non-hydrogen) atoms. The van der Waals surface area contributed by atoms with E-state index in [9.17, 15) is 0 Å². The SMILES string of the molecule is CC.CC.CCc1ccc2c(c1)C(C)(C1C=CCCC1)CN(SC)CC2. The molecule has 0 aromatic heterocycles. The van der Waals surface area contributed by atoms with Gasteiger partial charge in [-0.05, 0) is 61.0 Å². The maximum atomic E-state index is 2.58. The molecule has 0 N–H and O–H groups in total. The van der Waals surface area contributed by atoms with Crippen LogP contribution in [0.4, 0.5) is 0 Å². The summed E-state index contributed by atoms with van der Waals surface area (Å²) in [6.07, 6.45) is 13.4. The molecule has 1 heterocycles. The predicted molar refractivity (Wildman–Crippen MR) is 121 cm³/mol. The van der Waals surface area contributed by atoms with E-state index in [0.717, 1.165) is 6.42 Å². The van der Waals surface area contributed by atoms with Crippen molar-refractivity contribution in [1.82, 2.24) is 4.31 Å². The van der Waals surface area contributed by atoms with Crippen LogP contribution in [-0.4, -0.2) is 23.7 Å². The zero-order chi connectivity index (χ0) is 19.6. The Morgan fingerprint density at radius 3 is 2.50 bits per heavy atom. The highest BCUT2D eigenvalue weighted by atomic mass is 32.2. The third-order valence-electron chi connectivity index (χ3n) is 5.66. The molecule has 2 aliphatic rings. The molecule has 1 aliphatic heterocycles. The summed E-state index contributed by atoms with van der Waals surface area (Å²) in [6.45, 7) is 15.1. The third kappa shape index (κ3) is 5.39. The van der Waals surface area contributed by atoms with E-state index in [4.69, 9.17) is 0 Å². The zero-order valence-corrected chi connectivity index (χ0v) is 19.1. The van der Waals surface area contributed by atoms with E-state index in [-0.39, 0.29) is 5.41 Å². The molecule has 2 unspecified atom stereocenters. The van der Waals surface area contributed by atoms with Gasteiger partial charge in [-0.1, -0.05) is 83.8 Å². The standard InChI is InChI=1S/C20H29NS.2C2H6/c1-4-16-10-11-17-12-13-21(22-3)15-20(2,19(17)14-16)18-8-6-5-7-9-18;2*1-2/h6,8,10-11,14,18H,4-5,7,9,12-13,15H2,1-3H3;2*1-2H3. The van der Waals surface area contributed by atoms with E-state index < -0.39 is 0 Å². The average Bonchev–Trinajstić information content (AvgIpc) is 2.88. The fourth-order valence-corrected chi connectivity index (χ4v) is 4.86. The van der Waals surface area contributed by atoms with Crippen LogP contribution in [0.1, 0.15) is 77.5 Å². The Bertz CT molecular complexity index is 551. The first-order valence-electron chi connectivity index (χ1n) is 10.8. The van der Waals surface area contributed by atoms with Crippen molar-refractivity contribution >= 4 is 11.9 Å². The molecule has 0 bridgehead atoms. The Hall–Kier alpha value is -0.730. The highest BCUT2D eigenvalue weighted by molar-refractivity contribution is 7.96. The molecule has 3 rings (SSSR count). The molecule has 1 aromatic rings. The fourth-order valence-electron chi connectivity index (χ4n) is 4.19. The van der Waals surface area contributed by atoms with Gasteiger partial charge in [0.1, 0.15) is 0 Å². The van der Waals surface area contributed by atoms with Crippen molar-refractivity contribution in [3.05, 3.63) is 47.0 Å². The van der Waals surface area contributed by atoms with Crippen molar-refractivity contribution in [3.8, 4) is 0 Å². The van der Waals surface area contributed by atoms with Gasteiger partial charge in [0.2, 0.25) is 0 Å². The number of allylic oxidation sites excluding steroid dienone is 2. The van der Waals surface area contributed by atoms with Crippen LogP contribution in [0, 0.1) is 5.92 Å². The van der Waals surface area contributed by atoms with Crippen molar-refractivity contribution < 1.29 is 0 Å². The quantitative estimate of drug-likeness (QED) is 0.411. The van der Waals surface area contributed by atoms with Crippen LogP contribution < -0.4 is 0 Å². The number of aryl methyl sites for hydroxylation is 1. The number of rotatable bonds is 3. The van der Waals surface area contributed by atoms with Gasteiger partial charge in [-0.25, -0.2) is 4.31 Å². The summed E-state index contributed by atoms with van der Waals surface area (Å²) in [5.41, 5.74) is 4.94. The summed E-state index contributed by atoms with van der Waals surface area (Å²) in [5.74, 6) is 0.680. The van der Waals surface area contributed by atoms with Gasteiger partial charge >= 0.3 is 0 Å². The second-order valence-electron chi connectivity index (χ2n) is 7.02. The molecular weight excluding hydrogens is 334 g/mol. The highest BCUT2D eigenvalue weighted by Crippen LogP contribution is 2.43. The smallest absolute Gasteiger partial charge is 0.0190 e. The van der Waals surface area contributed by atoms with Gasteiger partial charge < -0.3 is 0 Å². The summed E-state index contributed by atoms with van der Waals surface area (Å²) in [4.78, 5) is 0. The molecular formula is C24H41NS. The first-order valence-corrected chi connectivity index (χ1v) is 11.9. The molecule has 0 fully saturated rings. The van der Waals surface area contributed by atoms with Crippen molar-refractivity contribution in [3.63, 3.8) is 0 Å². The summed E-state index contributed by atoms with van der Waals surface area (Å²) in [6, 6.07) is 7.26. The number of hydrogen-bond donors (Lipinski definition) is 0. The molecule has 0 spiro atoms. The maximum Gasteiger partial charge on any atom is 0.0190 e. The molecule has 2 atom stereocenters. The lowest BCUT2D eigenvalue weighted by atomic mass is 9.67. The number of hydrogen-bond acceptors (Lipinski definition) is 2. The summed E-state index contributed by atoms with van der Waals surface area (Å²) >= 11 is 1.92. The second kappa shape index (κ2) is 11.9. The van der Waals surface area contributed by atoms with E-state index in [1.165, 1.54) is 44.3 Å². The fraction of sp³-hybridized carbons (Fsp3) is 0.667. The molecule has 1 nitrogen and oxygen atoms in total. The van der Waals surface area contributed by atoms with Crippen LogP contribution >= 0.6 is 11.9 Å². The number of benzene rings is 1. The Morgan fingerprint density at radius 1 is 1.19 bits per heavy atom. The van der Waals surface area contributed by atoms with Crippen LogP contribution in [0.5, 0.6) is 0 Å². The Balaban J connectivity index is 0.000000791. The van der Waals surface area contributed by atoms with Crippen LogP contribution in [0.3, 0.4) is 0 Å². The maximum absolute atomic E-state index is 2.58. The van der Waals surface area contributed by atoms with E-state index in [2.05, 4.69) is 54.8 Å². The lowest BCUT2D eigenvalue weighted by molar-refractivity contribution is 0.266. The summed E-state index contributed by atoms with van der Waals surface area (Å²) in [5, 5.41) is 0. The molecule has 1 aliphatic carbocycles. The van der Waals surface area contributed by atoms with Gasteiger partial charge in [0.05, 0.1) is 0 Å². The third-order valence-corrected chi connectivity index (χ3v) is 6.49. The van der Waals surface area contributed by atoms with Crippen molar-refractivity contribution in [2.45, 2.75) is 79.1 Å². The average molecular weight is 376 g/mol. The predicted octanol–water partition coefficient (Wildman–Crippen LogP) is 7.05. The number of fused-ring (bicyclic) bond motifs is 1. The van der Waals surface area contributed by atoms with Crippen molar-refractivity contribution in [2.75, 3.05) is 19.3 Å². The van der Waals surface area contributed by atoms with Crippen LogP contribution in [0.2, 0.25) is 0 Å².